The van der Waals surface area contributed by atoms with E-state index in [-0.39, 0.29) is 15.3 Å². The highest BCUT2D eigenvalue weighted by molar-refractivity contribution is 7.88. The molecule has 1 saturated carbocycles. The topological polar surface area (TPSA) is 93.7 Å². The van der Waals surface area contributed by atoms with Gasteiger partial charge in [-0.1, -0.05) is 42.5 Å². The van der Waals surface area contributed by atoms with Crippen LogP contribution in [0.15, 0.2) is 66.7 Å². The number of anilines is 1. The van der Waals surface area contributed by atoms with Gasteiger partial charge in [0.1, 0.15) is 0 Å². The van der Waals surface area contributed by atoms with Crippen molar-refractivity contribution in [1.29, 1.82) is 0 Å². The predicted molar refractivity (Wildman–Crippen MR) is 137 cm³/mol. The van der Waals surface area contributed by atoms with E-state index in [2.05, 4.69) is 10.0 Å². The molecule has 3 aromatic carbocycles. The Morgan fingerprint density at radius 2 is 1.65 bits per heavy atom. The lowest BCUT2D eigenvalue weighted by atomic mass is 9.94. The molecule has 0 saturated heterocycles. The Hall–Kier alpha value is -3.36. The molecule has 0 heterocycles. The summed E-state index contributed by atoms with van der Waals surface area (Å²) in [6.45, 7) is 0.243. The molecule has 3 aromatic rings. The molecule has 1 aliphatic carbocycles. The van der Waals surface area contributed by atoms with Gasteiger partial charge in [-0.3, -0.25) is 4.79 Å². The third-order valence-electron chi connectivity index (χ3n) is 6.07. The van der Waals surface area contributed by atoms with E-state index in [4.69, 9.17) is 9.47 Å². The summed E-state index contributed by atoms with van der Waals surface area (Å²) in [5.41, 5.74) is 3.86. The largest absolute Gasteiger partial charge is 0.493 e. The first-order valence-corrected chi connectivity index (χ1v) is 12.8. The quantitative estimate of drug-likeness (QED) is 0.464. The van der Waals surface area contributed by atoms with Crippen LogP contribution in [0.1, 0.15) is 26.8 Å². The maximum absolute atomic E-state index is 13.3. The predicted octanol–water partition coefficient (Wildman–Crippen LogP) is 4.58. The van der Waals surface area contributed by atoms with E-state index in [1.807, 2.05) is 66.7 Å². The number of ether oxygens (including phenoxy) is 2. The average molecular weight is 485 g/mol. The van der Waals surface area contributed by atoms with E-state index in [0.717, 1.165) is 47.0 Å². The van der Waals surface area contributed by atoms with Gasteiger partial charge < -0.3 is 14.8 Å². The molecule has 0 atom stereocenters. The van der Waals surface area contributed by atoms with Gasteiger partial charge in [0.2, 0.25) is 15.9 Å². The van der Waals surface area contributed by atoms with E-state index in [1.165, 1.54) is 0 Å². The summed E-state index contributed by atoms with van der Waals surface area (Å²) in [4.78, 5) is 13.3. The number of benzene rings is 3. The first kappa shape index (κ1) is 23.8. The molecule has 0 unspecified atom stereocenters. The minimum atomic E-state index is -3.24. The van der Waals surface area contributed by atoms with Gasteiger partial charge >= 0.3 is 0 Å². The van der Waals surface area contributed by atoms with E-state index in [1.54, 1.807) is 14.2 Å². The molecule has 0 radical (unpaired) electrons. The Kier molecular flexibility index (Phi) is 6.63. The molecule has 1 amide bonds. The molecule has 34 heavy (non-hydrogen) atoms. The summed E-state index contributed by atoms with van der Waals surface area (Å²) < 4.78 is 35.8. The van der Waals surface area contributed by atoms with Crippen LogP contribution >= 0.6 is 0 Å². The van der Waals surface area contributed by atoms with Crippen LogP contribution in [0.4, 0.5) is 5.69 Å². The highest BCUT2D eigenvalue weighted by Crippen LogP contribution is 2.50. The van der Waals surface area contributed by atoms with Crippen molar-refractivity contribution in [2.75, 3.05) is 25.8 Å². The van der Waals surface area contributed by atoms with Crippen LogP contribution in [-0.4, -0.2) is 34.8 Å². The zero-order valence-electron chi connectivity index (χ0n) is 19.4. The van der Waals surface area contributed by atoms with Crippen molar-refractivity contribution in [3.05, 3.63) is 77.9 Å². The fourth-order valence-corrected chi connectivity index (χ4v) is 4.39. The maximum atomic E-state index is 13.3. The Labute approximate surface area is 203 Å². The molecule has 7 nitrogen and oxygen atoms in total. The number of sulfonamides is 1. The maximum Gasteiger partial charge on any atom is 0.235 e. The normalized spacial score (nSPS) is 14.3. The van der Waals surface area contributed by atoms with Crippen molar-refractivity contribution in [1.82, 2.24) is 4.72 Å². The molecule has 1 fully saturated rings. The summed E-state index contributed by atoms with van der Waals surface area (Å²) in [7, 11) is -0.0676. The average Bonchev–Trinajstić information content (AvgIpc) is 3.64. The Bertz CT molecular complexity index is 1310. The number of hydrogen-bond acceptors (Lipinski definition) is 5. The Morgan fingerprint density at radius 1 is 0.941 bits per heavy atom. The summed E-state index contributed by atoms with van der Waals surface area (Å²) in [5.74, 6) is 1.20. The number of amides is 1. The second kappa shape index (κ2) is 9.48. The zero-order valence-corrected chi connectivity index (χ0v) is 20.2. The second-order valence-electron chi connectivity index (χ2n) is 8.48. The SMILES string of the molecule is COc1ccc(C2(C(=O)Nc3cccc(-c4ccc(CNS(C)(=O)=O)cc4)c3)CC2)cc1OC.[HH].[HH]. The molecule has 0 spiro atoms. The number of rotatable bonds is 9. The molecular formula is C26H32N2O5S. The fourth-order valence-electron chi connectivity index (χ4n) is 3.96. The molecule has 4 rings (SSSR count). The molecule has 0 bridgehead atoms. The van der Waals surface area contributed by atoms with Crippen molar-refractivity contribution < 1.29 is 25.5 Å². The number of carbonyl (C=O) groups is 1. The van der Waals surface area contributed by atoms with Crippen LogP contribution in [-0.2, 0) is 26.8 Å². The van der Waals surface area contributed by atoms with Gasteiger partial charge in [0, 0.05) is 15.1 Å². The van der Waals surface area contributed by atoms with Crippen LogP contribution in [0, 0.1) is 0 Å². The van der Waals surface area contributed by atoms with E-state index in [9.17, 15) is 13.2 Å². The Balaban J connectivity index is 0.00000228. The van der Waals surface area contributed by atoms with Crippen LogP contribution in [0.3, 0.4) is 0 Å². The van der Waals surface area contributed by atoms with Gasteiger partial charge in [0.25, 0.3) is 0 Å². The third-order valence-corrected chi connectivity index (χ3v) is 6.74. The summed E-state index contributed by atoms with van der Waals surface area (Å²) >= 11 is 0. The van der Waals surface area contributed by atoms with Crippen LogP contribution in [0.5, 0.6) is 11.5 Å². The van der Waals surface area contributed by atoms with Crippen molar-refractivity contribution in [3.8, 4) is 22.6 Å². The number of nitrogens with one attached hydrogen (secondary N) is 2. The molecular weight excluding hydrogens is 452 g/mol. The first-order chi connectivity index (χ1) is 16.2. The first-order valence-electron chi connectivity index (χ1n) is 10.9. The number of carbonyl (C=O) groups excluding carboxylic acids is 1. The molecule has 0 aliphatic heterocycles. The van der Waals surface area contributed by atoms with Crippen LogP contribution in [0.2, 0.25) is 0 Å². The lowest BCUT2D eigenvalue weighted by molar-refractivity contribution is -0.118. The standard InChI is InChI=1S/C26H28N2O5S.2H2/c1-32-23-12-11-21(16-24(23)33-2)26(13-14-26)25(29)28-22-6-4-5-20(15-22)19-9-7-18(8-10-19)17-27-34(3,30)31;;/h4-12,15-16,27H,13-14,17H2,1-3H3,(H,28,29);2*1H. The zero-order chi connectivity index (χ0) is 24.3. The van der Waals surface area contributed by atoms with Gasteiger partial charge in [-0.15, -0.1) is 0 Å². The summed E-state index contributed by atoms with van der Waals surface area (Å²) in [5, 5.41) is 3.08. The van der Waals surface area contributed by atoms with Gasteiger partial charge in [-0.25, -0.2) is 13.1 Å². The van der Waals surface area contributed by atoms with E-state index >= 15 is 0 Å². The van der Waals surface area contributed by atoms with E-state index in [0.29, 0.717) is 11.5 Å². The van der Waals surface area contributed by atoms with Crippen LogP contribution < -0.4 is 19.5 Å². The molecule has 0 aromatic heterocycles. The Morgan fingerprint density at radius 3 is 2.26 bits per heavy atom. The van der Waals surface area contributed by atoms with Crippen molar-refractivity contribution >= 4 is 21.6 Å². The third kappa shape index (κ3) is 5.24. The highest BCUT2D eigenvalue weighted by Gasteiger charge is 2.51. The smallest absolute Gasteiger partial charge is 0.235 e. The van der Waals surface area contributed by atoms with Crippen LogP contribution in [0.25, 0.3) is 11.1 Å². The van der Waals surface area contributed by atoms with Crippen molar-refractivity contribution in [2.45, 2.75) is 24.8 Å². The number of methoxy groups -OCH3 is 2. The van der Waals surface area contributed by atoms with Gasteiger partial charge in [0.15, 0.2) is 11.5 Å². The summed E-state index contributed by atoms with van der Waals surface area (Å²) in [6.07, 6.45) is 2.69. The monoisotopic (exact) mass is 484 g/mol. The molecule has 8 heteroatoms. The van der Waals surface area contributed by atoms with Gasteiger partial charge in [0.05, 0.1) is 25.9 Å². The minimum Gasteiger partial charge on any atom is -0.493 e. The minimum absolute atomic E-state index is 0. The number of hydrogen-bond donors (Lipinski definition) is 2. The van der Waals surface area contributed by atoms with Gasteiger partial charge in [-0.05, 0) is 59.4 Å². The molecule has 2 N–H and O–H groups in total. The molecule has 182 valence electrons. The van der Waals surface area contributed by atoms with Crippen molar-refractivity contribution in [2.24, 2.45) is 0 Å². The fraction of sp³-hybridized carbons (Fsp3) is 0.269. The van der Waals surface area contributed by atoms with E-state index < -0.39 is 15.4 Å². The van der Waals surface area contributed by atoms with Crippen molar-refractivity contribution in [3.63, 3.8) is 0 Å². The molecule has 1 aliphatic rings. The lowest BCUT2D eigenvalue weighted by Crippen LogP contribution is -2.27. The summed E-state index contributed by atoms with van der Waals surface area (Å²) in [6, 6.07) is 21.0. The van der Waals surface area contributed by atoms with Gasteiger partial charge in [-0.2, -0.15) is 0 Å². The highest BCUT2D eigenvalue weighted by atomic mass is 32.2. The lowest BCUT2D eigenvalue weighted by Gasteiger charge is -2.18. The second-order valence-corrected chi connectivity index (χ2v) is 10.3.